The third-order valence-electron chi connectivity index (χ3n) is 5.59. The van der Waals surface area contributed by atoms with Crippen LogP contribution < -0.4 is 5.32 Å². The Morgan fingerprint density at radius 3 is 2.42 bits per heavy atom. The summed E-state index contributed by atoms with van der Waals surface area (Å²) in [6.07, 6.45) is 0. The summed E-state index contributed by atoms with van der Waals surface area (Å²) in [6, 6.07) is 21.5. The molecular weight excluding hydrogens is 454 g/mol. The highest BCUT2D eigenvalue weighted by Crippen LogP contribution is 2.31. The van der Waals surface area contributed by atoms with Gasteiger partial charge in [0.2, 0.25) is 5.91 Å². The highest BCUT2D eigenvalue weighted by Gasteiger charge is 2.24. The topological polar surface area (TPSA) is 63.1 Å². The minimum absolute atomic E-state index is 0.0299. The van der Waals surface area contributed by atoms with Crippen molar-refractivity contribution in [2.75, 3.05) is 19.4 Å². The summed E-state index contributed by atoms with van der Waals surface area (Å²) in [5.41, 5.74) is 1.70. The molecule has 1 N–H and O–H groups in total. The molecule has 3 aromatic carbocycles. The number of nitrogens with one attached hydrogen (secondary N) is 1. The molecule has 4 aromatic rings. The van der Waals surface area contributed by atoms with E-state index in [0.717, 1.165) is 28.0 Å². The third-order valence-corrected chi connectivity index (χ3v) is 6.89. The molecule has 33 heavy (non-hydrogen) atoms. The lowest BCUT2D eigenvalue weighted by Gasteiger charge is -2.21. The summed E-state index contributed by atoms with van der Waals surface area (Å²) in [6.45, 7) is 3.95. The zero-order chi connectivity index (χ0) is 23.5. The molecule has 8 heteroatoms. The first-order valence-electron chi connectivity index (χ1n) is 10.7. The van der Waals surface area contributed by atoms with Crippen LogP contribution in [0.3, 0.4) is 0 Å². The fourth-order valence-corrected chi connectivity index (χ4v) is 4.47. The molecule has 0 fully saturated rings. The number of benzene rings is 3. The number of carbonyl (C=O) groups excluding carboxylic acids is 1. The van der Waals surface area contributed by atoms with Gasteiger partial charge in [-0.2, -0.15) is 0 Å². The highest BCUT2D eigenvalue weighted by atomic mass is 35.5. The van der Waals surface area contributed by atoms with Crippen molar-refractivity contribution in [3.63, 3.8) is 0 Å². The maximum absolute atomic E-state index is 13.1. The normalized spacial score (nSPS) is 13.3. The van der Waals surface area contributed by atoms with Gasteiger partial charge >= 0.3 is 0 Å². The van der Waals surface area contributed by atoms with Gasteiger partial charge in [-0.05, 0) is 63.7 Å². The lowest BCUT2D eigenvalue weighted by molar-refractivity contribution is -0.115. The first-order valence-corrected chi connectivity index (χ1v) is 11.9. The van der Waals surface area contributed by atoms with Crippen LogP contribution in [-0.2, 0) is 4.79 Å². The molecule has 6 nitrogen and oxygen atoms in total. The summed E-state index contributed by atoms with van der Waals surface area (Å²) < 4.78 is 1.99. The van der Waals surface area contributed by atoms with Crippen LogP contribution >= 0.6 is 23.4 Å². The van der Waals surface area contributed by atoms with Crippen molar-refractivity contribution < 1.29 is 4.79 Å². The Hall–Kier alpha value is -2.87. The van der Waals surface area contributed by atoms with E-state index in [1.165, 1.54) is 11.8 Å². The second-order valence-electron chi connectivity index (χ2n) is 8.07. The van der Waals surface area contributed by atoms with Crippen molar-refractivity contribution in [2.24, 2.45) is 0 Å². The van der Waals surface area contributed by atoms with E-state index in [4.69, 9.17) is 11.6 Å². The Morgan fingerprint density at radius 1 is 1.00 bits per heavy atom. The van der Waals surface area contributed by atoms with Crippen LogP contribution in [0.4, 0.5) is 5.69 Å². The van der Waals surface area contributed by atoms with Crippen LogP contribution in [0.1, 0.15) is 25.7 Å². The highest BCUT2D eigenvalue weighted by molar-refractivity contribution is 8.00. The molecule has 0 aliphatic rings. The zero-order valence-corrected chi connectivity index (χ0v) is 20.6. The lowest BCUT2D eigenvalue weighted by atomic mass is 10.1. The molecule has 0 saturated carbocycles. The van der Waals surface area contributed by atoms with E-state index in [2.05, 4.69) is 27.3 Å². The number of hydrogen-bond donors (Lipinski definition) is 1. The molecule has 4 rings (SSSR count). The zero-order valence-electron chi connectivity index (χ0n) is 19.0. The van der Waals surface area contributed by atoms with E-state index >= 15 is 0 Å². The number of hydrogen-bond acceptors (Lipinski definition) is 5. The van der Waals surface area contributed by atoms with Crippen molar-refractivity contribution in [2.45, 2.75) is 30.3 Å². The van der Waals surface area contributed by atoms with E-state index in [1.54, 1.807) is 0 Å². The summed E-state index contributed by atoms with van der Waals surface area (Å²) in [5.74, 6) is 0.704. The molecule has 1 aromatic heterocycles. The van der Waals surface area contributed by atoms with Gasteiger partial charge in [0.1, 0.15) is 0 Å². The Kier molecular flexibility index (Phi) is 7.02. The van der Waals surface area contributed by atoms with E-state index in [9.17, 15) is 4.79 Å². The van der Waals surface area contributed by atoms with Crippen LogP contribution in [0.25, 0.3) is 16.5 Å². The standard InChI is InChI=1S/C25H26ClN5OS/c1-16(30(3)4)23-28-29-25(31(23)20-14-12-19(26)13-15-20)33-17(2)24(32)27-22-11-7-9-18-8-5-6-10-21(18)22/h5-17H,1-4H3,(H,27,32). The number of rotatable bonds is 7. The van der Waals surface area contributed by atoms with Crippen molar-refractivity contribution >= 4 is 45.7 Å². The third kappa shape index (κ3) is 5.05. The number of anilines is 1. The van der Waals surface area contributed by atoms with Gasteiger partial charge in [-0.25, -0.2) is 0 Å². The van der Waals surface area contributed by atoms with Gasteiger partial charge in [-0.15, -0.1) is 10.2 Å². The van der Waals surface area contributed by atoms with Gasteiger partial charge in [0, 0.05) is 21.8 Å². The SMILES string of the molecule is CC(Sc1nnc(C(C)N(C)C)n1-c1ccc(Cl)cc1)C(=O)Nc1cccc2ccccc12. The number of carbonyl (C=O) groups is 1. The summed E-state index contributed by atoms with van der Waals surface area (Å²) in [5, 5.41) is 15.0. The average molecular weight is 480 g/mol. The first kappa shape index (κ1) is 23.3. The second kappa shape index (κ2) is 9.95. The molecule has 0 saturated heterocycles. The number of fused-ring (bicyclic) bond motifs is 1. The van der Waals surface area contributed by atoms with Crippen molar-refractivity contribution in [3.8, 4) is 5.69 Å². The second-order valence-corrected chi connectivity index (χ2v) is 9.81. The molecular formula is C25H26ClN5OS. The molecule has 1 heterocycles. The fraction of sp³-hybridized carbons (Fsp3) is 0.240. The van der Waals surface area contributed by atoms with Crippen LogP contribution in [-0.4, -0.2) is 44.9 Å². The first-order chi connectivity index (χ1) is 15.8. The number of thioether (sulfide) groups is 1. The average Bonchev–Trinajstić information content (AvgIpc) is 3.22. The van der Waals surface area contributed by atoms with Crippen molar-refractivity contribution in [1.82, 2.24) is 19.7 Å². The number of nitrogens with zero attached hydrogens (tertiary/aromatic N) is 4. The predicted molar refractivity (Wildman–Crippen MR) is 136 cm³/mol. The Morgan fingerprint density at radius 2 is 1.70 bits per heavy atom. The van der Waals surface area contributed by atoms with Gasteiger partial charge in [-0.3, -0.25) is 14.3 Å². The summed E-state index contributed by atoms with van der Waals surface area (Å²) >= 11 is 7.48. The van der Waals surface area contributed by atoms with Crippen molar-refractivity contribution in [1.29, 1.82) is 0 Å². The number of halogens is 1. The van der Waals surface area contributed by atoms with Crippen LogP contribution in [0.2, 0.25) is 5.02 Å². The lowest BCUT2D eigenvalue weighted by Crippen LogP contribution is -2.23. The van der Waals surface area contributed by atoms with Crippen LogP contribution in [0.15, 0.2) is 71.9 Å². The van der Waals surface area contributed by atoms with Crippen molar-refractivity contribution in [3.05, 3.63) is 77.6 Å². The minimum Gasteiger partial charge on any atom is -0.325 e. The minimum atomic E-state index is -0.387. The predicted octanol–water partition coefficient (Wildman–Crippen LogP) is 5.82. The molecule has 0 radical (unpaired) electrons. The largest absolute Gasteiger partial charge is 0.325 e. The van der Waals surface area contributed by atoms with Gasteiger partial charge in [-0.1, -0.05) is 59.8 Å². The number of aromatic nitrogens is 3. The summed E-state index contributed by atoms with van der Waals surface area (Å²) in [7, 11) is 4.00. The molecule has 1 amide bonds. The molecule has 0 aliphatic carbocycles. The molecule has 170 valence electrons. The molecule has 0 bridgehead atoms. The van der Waals surface area contributed by atoms with E-state index in [-0.39, 0.29) is 17.2 Å². The maximum atomic E-state index is 13.1. The van der Waals surface area contributed by atoms with E-state index in [1.807, 2.05) is 92.3 Å². The Bertz CT molecular complexity index is 1270. The smallest absolute Gasteiger partial charge is 0.237 e. The molecule has 2 atom stereocenters. The molecule has 2 unspecified atom stereocenters. The van der Waals surface area contributed by atoms with Gasteiger partial charge in [0.25, 0.3) is 0 Å². The number of amides is 1. The van der Waals surface area contributed by atoms with E-state index < -0.39 is 0 Å². The summed E-state index contributed by atoms with van der Waals surface area (Å²) in [4.78, 5) is 15.2. The van der Waals surface area contributed by atoms with Crippen LogP contribution in [0, 0.1) is 0 Å². The van der Waals surface area contributed by atoms with E-state index in [0.29, 0.717) is 10.2 Å². The fourth-order valence-electron chi connectivity index (χ4n) is 3.47. The van der Waals surface area contributed by atoms with Gasteiger partial charge in [0.15, 0.2) is 11.0 Å². The Balaban J connectivity index is 1.61. The molecule has 0 spiro atoms. The van der Waals surface area contributed by atoms with Crippen LogP contribution in [0.5, 0.6) is 0 Å². The van der Waals surface area contributed by atoms with Gasteiger partial charge < -0.3 is 5.32 Å². The molecule has 0 aliphatic heterocycles. The quantitative estimate of drug-likeness (QED) is 0.338. The Labute approximate surface area is 203 Å². The maximum Gasteiger partial charge on any atom is 0.237 e. The van der Waals surface area contributed by atoms with Gasteiger partial charge in [0.05, 0.1) is 11.3 Å². The monoisotopic (exact) mass is 479 g/mol.